The molecule has 1 heterocycles. The summed E-state index contributed by atoms with van der Waals surface area (Å²) >= 11 is 1.57. The predicted octanol–water partition coefficient (Wildman–Crippen LogP) is 4.15. The maximum atomic E-state index is 12.1. The summed E-state index contributed by atoms with van der Waals surface area (Å²) in [5, 5.41) is 0. The molecular formula is C17H21NO2S. The van der Waals surface area contributed by atoms with Crippen LogP contribution < -0.4 is 0 Å². The average Bonchev–Trinajstić information content (AvgIpc) is 2.98. The third-order valence-electron chi connectivity index (χ3n) is 3.31. The fraction of sp³-hybridized carbons (Fsp3) is 0.353. The molecule has 21 heavy (non-hydrogen) atoms. The SMILES string of the molecule is CC(C)c1ccc(SCC(=O)N(C)Cc2ccco2)cc1. The highest BCUT2D eigenvalue weighted by atomic mass is 32.2. The van der Waals surface area contributed by atoms with Gasteiger partial charge in [-0.15, -0.1) is 11.8 Å². The minimum Gasteiger partial charge on any atom is -0.467 e. The van der Waals surface area contributed by atoms with E-state index in [4.69, 9.17) is 4.42 Å². The van der Waals surface area contributed by atoms with Crippen molar-refractivity contribution in [1.82, 2.24) is 4.90 Å². The summed E-state index contributed by atoms with van der Waals surface area (Å²) in [6.07, 6.45) is 1.62. The van der Waals surface area contributed by atoms with Gasteiger partial charge < -0.3 is 9.32 Å². The van der Waals surface area contributed by atoms with Gasteiger partial charge in [0.25, 0.3) is 0 Å². The van der Waals surface area contributed by atoms with E-state index in [9.17, 15) is 4.79 Å². The zero-order chi connectivity index (χ0) is 15.2. The normalized spacial score (nSPS) is 10.9. The Kier molecular flexibility index (Phi) is 5.51. The van der Waals surface area contributed by atoms with Gasteiger partial charge in [0.15, 0.2) is 0 Å². The summed E-state index contributed by atoms with van der Waals surface area (Å²) < 4.78 is 5.25. The van der Waals surface area contributed by atoms with Crippen molar-refractivity contribution in [3.63, 3.8) is 0 Å². The number of thioether (sulfide) groups is 1. The van der Waals surface area contributed by atoms with Gasteiger partial charge in [-0.05, 0) is 35.7 Å². The van der Waals surface area contributed by atoms with E-state index < -0.39 is 0 Å². The molecular weight excluding hydrogens is 282 g/mol. The zero-order valence-corrected chi connectivity index (χ0v) is 13.5. The summed E-state index contributed by atoms with van der Waals surface area (Å²) in [5.41, 5.74) is 1.32. The summed E-state index contributed by atoms with van der Waals surface area (Å²) in [5.74, 6) is 1.88. The number of rotatable bonds is 6. The molecule has 0 fully saturated rings. The second-order valence-corrected chi connectivity index (χ2v) is 6.39. The summed E-state index contributed by atoms with van der Waals surface area (Å²) in [4.78, 5) is 14.9. The topological polar surface area (TPSA) is 33.5 Å². The van der Waals surface area contributed by atoms with Crippen molar-refractivity contribution >= 4 is 17.7 Å². The van der Waals surface area contributed by atoms with Crippen LogP contribution in [0.25, 0.3) is 0 Å². The first kappa shape index (κ1) is 15.7. The summed E-state index contributed by atoms with van der Waals surface area (Å²) in [6.45, 7) is 4.86. The summed E-state index contributed by atoms with van der Waals surface area (Å²) in [6, 6.07) is 12.1. The molecule has 0 radical (unpaired) electrons. The Bertz CT molecular complexity index is 561. The van der Waals surface area contributed by atoms with Gasteiger partial charge in [0.2, 0.25) is 5.91 Å². The van der Waals surface area contributed by atoms with Crippen LogP contribution in [0.4, 0.5) is 0 Å². The van der Waals surface area contributed by atoms with Crippen molar-refractivity contribution in [1.29, 1.82) is 0 Å². The van der Waals surface area contributed by atoms with Gasteiger partial charge >= 0.3 is 0 Å². The number of hydrogen-bond acceptors (Lipinski definition) is 3. The Morgan fingerprint density at radius 3 is 2.52 bits per heavy atom. The Morgan fingerprint density at radius 2 is 1.95 bits per heavy atom. The lowest BCUT2D eigenvalue weighted by Gasteiger charge is -2.15. The molecule has 0 N–H and O–H groups in total. The molecule has 112 valence electrons. The molecule has 0 aliphatic rings. The van der Waals surface area contributed by atoms with Crippen LogP contribution in [0.5, 0.6) is 0 Å². The number of nitrogens with zero attached hydrogens (tertiary/aromatic N) is 1. The van der Waals surface area contributed by atoms with Crippen LogP contribution in [-0.4, -0.2) is 23.6 Å². The molecule has 1 amide bonds. The van der Waals surface area contributed by atoms with Crippen LogP contribution in [-0.2, 0) is 11.3 Å². The van der Waals surface area contributed by atoms with Gasteiger partial charge in [-0.3, -0.25) is 4.79 Å². The van der Waals surface area contributed by atoms with Crippen molar-refractivity contribution in [2.24, 2.45) is 0 Å². The van der Waals surface area contributed by atoms with E-state index >= 15 is 0 Å². The minimum absolute atomic E-state index is 0.101. The molecule has 0 spiro atoms. The van der Waals surface area contributed by atoms with E-state index in [0.717, 1.165) is 10.7 Å². The molecule has 0 atom stereocenters. The van der Waals surface area contributed by atoms with Crippen LogP contribution in [0.15, 0.2) is 52.0 Å². The van der Waals surface area contributed by atoms with Crippen molar-refractivity contribution < 1.29 is 9.21 Å². The zero-order valence-electron chi connectivity index (χ0n) is 12.7. The smallest absolute Gasteiger partial charge is 0.233 e. The Hall–Kier alpha value is -1.68. The quantitative estimate of drug-likeness (QED) is 0.752. The first-order valence-electron chi connectivity index (χ1n) is 7.05. The van der Waals surface area contributed by atoms with E-state index in [1.165, 1.54) is 5.56 Å². The van der Waals surface area contributed by atoms with Crippen LogP contribution in [0.3, 0.4) is 0 Å². The van der Waals surface area contributed by atoms with E-state index in [-0.39, 0.29) is 5.91 Å². The summed E-state index contributed by atoms with van der Waals surface area (Å²) in [7, 11) is 1.80. The van der Waals surface area contributed by atoms with E-state index in [0.29, 0.717) is 18.2 Å². The highest BCUT2D eigenvalue weighted by molar-refractivity contribution is 8.00. The molecule has 0 unspecified atom stereocenters. The van der Waals surface area contributed by atoms with Crippen molar-refractivity contribution in [3.8, 4) is 0 Å². The molecule has 3 nitrogen and oxygen atoms in total. The molecule has 0 aliphatic carbocycles. The van der Waals surface area contributed by atoms with Crippen LogP contribution >= 0.6 is 11.8 Å². The maximum Gasteiger partial charge on any atom is 0.233 e. The van der Waals surface area contributed by atoms with Crippen LogP contribution in [0.1, 0.15) is 31.1 Å². The van der Waals surface area contributed by atoms with Gasteiger partial charge in [-0.1, -0.05) is 26.0 Å². The van der Waals surface area contributed by atoms with Crippen molar-refractivity contribution in [2.45, 2.75) is 31.2 Å². The number of benzene rings is 1. The van der Waals surface area contributed by atoms with Crippen LogP contribution in [0.2, 0.25) is 0 Å². The Balaban J connectivity index is 1.83. The molecule has 2 rings (SSSR count). The lowest BCUT2D eigenvalue weighted by Crippen LogP contribution is -2.27. The fourth-order valence-electron chi connectivity index (χ4n) is 1.93. The van der Waals surface area contributed by atoms with E-state index in [1.807, 2.05) is 12.1 Å². The predicted molar refractivity (Wildman–Crippen MR) is 86.4 cm³/mol. The second kappa shape index (κ2) is 7.36. The number of carbonyl (C=O) groups is 1. The molecule has 4 heteroatoms. The maximum absolute atomic E-state index is 12.1. The highest BCUT2D eigenvalue weighted by Gasteiger charge is 2.11. The molecule has 1 aromatic carbocycles. The number of amides is 1. The Labute approximate surface area is 130 Å². The number of hydrogen-bond donors (Lipinski definition) is 0. The average molecular weight is 303 g/mol. The molecule has 0 bridgehead atoms. The third-order valence-corrected chi connectivity index (χ3v) is 4.30. The number of furan rings is 1. The third kappa shape index (κ3) is 4.67. The molecule has 2 aromatic rings. The molecule has 0 aliphatic heterocycles. The number of carbonyl (C=O) groups excluding carboxylic acids is 1. The lowest BCUT2D eigenvalue weighted by atomic mass is 10.0. The monoisotopic (exact) mass is 303 g/mol. The standard InChI is InChI=1S/C17H21NO2S/c1-13(2)14-6-8-16(9-7-14)21-12-17(19)18(3)11-15-5-4-10-20-15/h4-10,13H,11-12H2,1-3H3. The molecule has 0 saturated heterocycles. The first-order chi connectivity index (χ1) is 10.1. The first-order valence-corrected chi connectivity index (χ1v) is 8.04. The lowest BCUT2D eigenvalue weighted by molar-refractivity contribution is -0.127. The Morgan fingerprint density at radius 1 is 1.24 bits per heavy atom. The van der Waals surface area contributed by atoms with E-state index in [1.54, 1.807) is 30.0 Å². The van der Waals surface area contributed by atoms with Gasteiger partial charge in [-0.2, -0.15) is 0 Å². The molecule has 1 aromatic heterocycles. The molecule has 0 saturated carbocycles. The van der Waals surface area contributed by atoms with Crippen molar-refractivity contribution in [2.75, 3.05) is 12.8 Å². The largest absolute Gasteiger partial charge is 0.467 e. The van der Waals surface area contributed by atoms with E-state index in [2.05, 4.69) is 38.1 Å². The van der Waals surface area contributed by atoms with Crippen LogP contribution in [0, 0.1) is 0 Å². The van der Waals surface area contributed by atoms with Gasteiger partial charge in [0.1, 0.15) is 5.76 Å². The van der Waals surface area contributed by atoms with Gasteiger partial charge in [0.05, 0.1) is 18.6 Å². The minimum atomic E-state index is 0.101. The fourth-order valence-corrected chi connectivity index (χ4v) is 2.77. The highest BCUT2D eigenvalue weighted by Crippen LogP contribution is 2.22. The van der Waals surface area contributed by atoms with Gasteiger partial charge in [0, 0.05) is 11.9 Å². The van der Waals surface area contributed by atoms with Gasteiger partial charge in [-0.25, -0.2) is 0 Å². The van der Waals surface area contributed by atoms with Crippen molar-refractivity contribution in [3.05, 3.63) is 54.0 Å². The second-order valence-electron chi connectivity index (χ2n) is 5.34.